The summed E-state index contributed by atoms with van der Waals surface area (Å²) in [7, 11) is 1.34. The van der Waals surface area contributed by atoms with Crippen LogP contribution in [0, 0.1) is 12.8 Å². The van der Waals surface area contributed by atoms with Gasteiger partial charge in [-0.25, -0.2) is 9.97 Å². The van der Waals surface area contributed by atoms with E-state index in [-0.39, 0.29) is 11.7 Å². The number of aryl methyl sites for hydroxylation is 1. The Kier molecular flexibility index (Phi) is 6.10. The number of ether oxygens (including phenoxy) is 2. The molecule has 4 rings (SSSR count). The SMILES string of the molecule is COC(=O)Cc1nn(CCOCC2CC2)c2c(Nc3cc(C)ccn3)nc(Cl)nc12. The minimum absolute atomic E-state index is 0.0155. The second-order valence-corrected chi connectivity index (χ2v) is 7.66. The molecule has 0 aromatic carbocycles. The van der Waals surface area contributed by atoms with Crippen LogP contribution in [0.25, 0.3) is 11.0 Å². The number of hydrogen-bond acceptors (Lipinski definition) is 8. The molecule has 0 aliphatic heterocycles. The first kappa shape index (κ1) is 20.5. The summed E-state index contributed by atoms with van der Waals surface area (Å²) < 4.78 is 12.3. The van der Waals surface area contributed by atoms with Crippen LogP contribution in [-0.4, -0.2) is 51.0 Å². The molecule has 0 spiro atoms. The molecule has 0 saturated heterocycles. The zero-order chi connectivity index (χ0) is 21.1. The maximum atomic E-state index is 11.9. The molecule has 0 amide bonds. The fraction of sp³-hybridized carbons (Fsp3) is 0.450. The van der Waals surface area contributed by atoms with Crippen molar-refractivity contribution in [2.24, 2.45) is 5.92 Å². The van der Waals surface area contributed by atoms with Crippen molar-refractivity contribution in [1.82, 2.24) is 24.7 Å². The Balaban J connectivity index is 1.69. The highest BCUT2D eigenvalue weighted by Gasteiger charge is 2.23. The third-order valence-corrected chi connectivity index (χ3v) is 5.00. The highest BCUT2D eigenvalue weighted by molar-refractivity contribution is 6.28. The first-order valence-electron chi connectivity index (χ1n) is 9.80. The minimum Gasteiger partial charge on any atom is -0.469 e. The molecule has 3 aromatic rings. The standard InChI is InChI=1S/C20H23ClN6O3/c1-12-5-6-22-15(9-12)23-19-18-17(24-20(21)25-19)14(10-16(28)29-2)26-27(18)7-8-30-11-13-3-4-13/h5-6,9,13H,3-4,7-8,10-11H2,1-2H3,(H,22,23,24,25). The second-order valence-electron chi connectivity index (χ2n) is 7.32. The Morgan fingerprint density at radius 1 is 1.37 bits per heavy atom. The topological polar surface area (TPSA) is 104 Å². The second kappa shape index (κ2) is 8.93. The van der Waals surface area contributed by atoms with E-state index >= 15 is 0 Å². The molecule has 1 saturated carbocycles. The summed E-state index contributed by atoms with van der Waals surface area (Å²) in [6.07, 6.45) is 4.16. The molecule has 1 aliphatic carbocycles. The van der Waals surface area contributed by atoms with E-state index in [4.69, 9.17) is 21.1 Å². The van der Waals surface area contributed by atoms with Crippen LogP contribution in [0.15, 0.2) is 18.3 Å². The Morgan fingerprint density at radius 3 is 2.93 bits per heavy atom. The van der Waals surface area contributed by atoms with Crippen LogP contribution in [0.2, 0.25) is 5.28 Å². The van der Waals surface area contributed by atoms with Crippen LogP contribution in [0.4, 0.5) is 11.6 Å². The van der Waals surface area contributed by atoms with Gasteiger partial charge in [0, 0.05) is 12.8 Å². The molecule has 30 heavy (non-hydrogen) atoms. The Hall–Kier alpha value is -2.78. The van der Waals surface area contributed by atoms with Gasteiger partial charge < -0.3 is 14.8 Å². The number of methoxy groups -OCH3 is 1. The normalized spacial score (nSPS) is 13.6. The molecule has 0 atom stereocenters. The molecule has 1 fully saturated rings. The van der Waals surface area contributed by atoms with Crippen LogP contribution < -0.4 is 5.32 Å². The van der Waals surface area contributed by atoms with E-state index < -0.39 is 5.97 Å². The number of rotatable bonds is 9. The van der Waals surface area contributed by atoms with Gasteiger partial charge in [-0.2, -0.15) is 10.1 Å². The lowest BCUT2D eigenvalue weighted by Crippen LogP contribution is -2.11. The van der Waals surface area contributed by atoms with E-state index in [0.29, 0.717) is 47.4 Å². The summed E-state index contributed by atoms with van der Waals surface area (Å²) in [5.74, 6) is 1.37. The van der Waals surface area contributed by atoms with Crippen molar-refractivity contribution in [3.63, 3.8) is 0 Å². The average Bonchev–Trinajstić information content (AvgIpc) is 3.48. The van der Waals surface area contributed by atoms with Gasteiger partial charge in [-0.15, -0.1) is 0 Å². The maximum Gasteiger partial charge on any atom is 0.311 e. The molecule has 0 radical (unpaired) electrons. The van der Waals surface area contributed by atoms with Gasteiger partial charge in [-0.05, 0) is 55.0 Å². The van der Waals surface area contributed by atoms with E-state index in [0.717, 1.165) is 12.2 Å². The lowest BCUT2D eigenvalue weighted by atomic mass is 10.2. The van der Waals surface area contributed by atoms with Gasteiger partial charge in [0.25, 0.3) is 0 Å². The monoisotopic (exact) mass is 430 g/mol. The fourth-order valence-corrected chi connectivity index (χ4v) is 3.27. The van der Waals surface area contributed by atoms with Crippen molar-refractivity contribution in [3.05, 3.63) is 34.9 Å². The molecule has 9 nitrogen and oxygen atoms in total. The number of hydrogen-bond donors (Lipinski definition) is 1. The predicted molar refractivity (Wildman–Crippen MR) is 112 cm³/mol. The van der Waals surface area contributed by atoms with Crippen molar-refractivity contribution in [2.45, 2.75) is 32.7 Å². The third-order valence-electron chi connectivity index (χ3n) is 4.83. The minimum atomic E-state index is -0.406. The molecule has 1 aliphatic rings. The van der Waals surface area contributed by atoms with Crippen LogP contribution in [0.3, 0.4) is 0 Å². The third kappa shape index (κ3) is 4.85. The number of carbonyl (C=O) groups excluding carboxylic acids is 1. The van der Waals surface area contributed by atoms with Crippen LogP contribution in [-0.2, 0) is 27.2 Å². The first-order chi connectivity index (χ1) is 14.5. The molecule has 3 heterocycles. The average molecular weight is 431 g/mol. The van der Waals surface area contributed by atoms with Gasteiger partial charge in [0.1, 0.15) is 22.5 Å². The molecule has 1 N–H and O–H groups in total. The number of nitrogens with zero attached hydrogens (tertiary/aromatic N) is 5. The van der Waals surface area contributed by atoms with Gasteiger partial charge in [-0.3, -0.25) is 9.48 Å². The van der Waals surface area contributed by atoms with Crippen LogP contribution in [0.1, 0.15) is 24.1 Å². The predicted octanol–water partition coefficient (Wildman–Crippen LogP) is 3.07. The summed E-state index contributed by atoms with van der Waals surface area (Å²) in [4.78, 5) is 24.9. The molecule has 0 bridgehead atoms. The number of carbonyl (C=O) groups is 1. The van der Waals surface area contributed by atoms with Crippen molar-refractivity contribution < 1.29 is 14.3 Å². The summed E-state index contributed by atoms with van der Waals surface area (Å²) in [6, 6.07) is 3.81. The fourth-order valence-electron chi connectivity index (χ4n) is 3.10. The number of esters is 1. The Morgan fingerprint density at radius 2 is 2.20 bits per heavy atom. The molecular formula is C20H23ClN6O3. The van der Waals surface area contributed by atoms with Gasteiger partial charge in [0.05, 0.1) is 26.7 Å². The molecule has 0 unspecified atom stereocenters. The van der Waals surface area contributed by atoms with E-state index in [2.05, 4.69) is 25.4 Å². The zero-order valence-corrected chi connectivity index (χ0v) is 17.6. The van der Waals surface area contributed by atoms with E-state index in [1.807, 2.05) is 19.1 Å². The lowest BCUT2D eigenvalue weighted by Gasteiger charge is -2.10. The molecule has 10 heteroatoms. The summed E-state index contributed by atoms with van der Waals surface area (Å²) >= 11 is 6.18. The van der Waals surface area contributed by atoms with E-state index in [1.54, 1.807) is 10.9 Å². The largest absolute Gasteiger partial charge is 0.469 e. The maximum absolute atomic E-state index is 11.9. The van der Waals surface area contributed by atoms with Crippen molar-refractivity contribution in [3.8, 4) is 0 Å². The van der Waals surface area contributed by atoms with Gasteiger partial charge in [0.2, 0.25) is 5.28 Å². The molecular weight excluding hydrogens is 408 g/mol. The number of pyridine rings is 1. The van der Waals surface area contributed by atoms with Crippen LogP contribution in [0.5, 0.6) is 0 Å². The number of nitrogens with one attached hydrogen (secondary N) is 1. The lowest BCUT2D eigenvalue weighted by molar-refractivity contribution is -0.139. The number of halogens is 1. The number of fused-ring (bicyclic) bond motifs is 1. The summed E-state index contributed by atoms with van der Waals surface area (Å²) in [5.41, 5.74) is 2.66. The van der Waals surface area contributed by atoms with Crippen LogP contribution >= 0.6 is 11.6 Å². The van der Waals surface area contributed by atoms with Gasteiger partial charge in [0.15, 0.2) is 5.82 Å². The van der Waals surface area contributed by atoms with Crippen molar-refractivity contribution in [2.75, 3.05) is 25.6 Å². The molecule has 158 valence electrons. The van der Waals surface area contributed by atoms with E-state index in [1.165, 1.54) is 20.0 Å². The van der Waals surface area contributed by atoms with E-state index in [9.17, 15) is 4.79 Å². The smallest absolute Gasteiger partial charge is 0.311 e. The van der Waals surface area contributed by atoms with Gasteiger partial charge >= 0.3 is 5.97 Å². The first-order valence-corrected chi connectivity index (χ1v) is 10.2. The Labute approximate surface area is 178 Å². The Bertz CT molecular complexity index is 1070. The highest BCUT2D eigenvalue weighted by atomic mass is 35.5. The van der Waals surface area contributed by atoms with Crippen molar-refractivity contribution in [1.29, 1.82) is 0 Å². The molecule has 3 aromatic heterocycles. The van der Waals surface area contributed by atoms with Crippen molar-refractivity contribution >= 4 is 40.2 Å². The summed E-state index contributed by atoms with van der Waals surface area (Å²) in [6.45, 7) is 3.72. The zero-order valence-electron chi connectivity index (χ0n) is 16.9. The number of anilines is 2. The summed E-state index contributed by atoms with van der Waals surface area (Å²) in [5, 5.41) is 7.84. The van der Waals surface area contributed by atoms with Gasteiger partial charge in [-0.1, -0.05) is 0 Å². The quantitative estimate of drug-likeness (QED) is 0.314. The highest BCUT2D eigenvalue weighted by Crippen LogP contribution is 2.29. The number of aromatic nitrogens is 5.